The third kappa shape index (κ3) is 3.74. The second kappa shape index (κ2) is 7.15. The minimum Gasteiger partial charge on any atom is -0.378 e. The lowest BCUT2D eigenvalue weighted by Gasteiger charge is -2.28. The van der Waals surface area contributed by atoms with Gasteiger partial charge in [-0.25, -0.2) is 0 Å². The van der Waals surface area contributed by atoms with Gasteiger partial charge >= 0.3 is 0 Å². The summed E-state index contributed by atoms with van der Waals surface area (Å²) >= 11 is 1.56. The Balaban J connectivity index is 1.66. The number of carbonyl (C=O) groups excluding carboxylic acids is 1. The molecule has 1 aliphatic rings. The molecule has 4 nitrogen and oxygen atoms in total. The molecular formula is C18H22N2O2S. The highest BCUT2D eigenvalue weighted by Gasteiger charge is 2.13. The Morgan fingerprint density at radius 3 is 2.57 bits per heavy atom. The van der Waals surface area contributed by atoms with E-state index in [0.29, 0.717) is 0 Å². The summed E-state index contributed by atoms with van der Waals surface area (Å²) in [6.07, 6.45) is 0.962. The lowest BCUT2D eigenvalue weighted by atomic mass is 10.2. The molecule has 1 aromatic carbocycles. The zero-order valence-electron chi connectivity index (χ0n) is 13.6. The second-order valence-corrected chi connectivity index (χ2v) is 6.90. The summed E-state index contributed by atoms with van der Waals surface area (Å²) in [5.74, 6) is -0.0306. The molecule has 0 bridgehead atoms. The minimum atomic E-state index is -0.0306. The molecule has 1 N–H and O–H groups in total. The third-order valence-corrected chi connectivity index (χ3v) is 5.22. The predicted octanol–water partition coefficient (Wildman–Crippen LogP) is 3.71. The van der Waals surface area contributed by atoms with Crippen molar-refractivity contribution >= 4 is 28.6 Å². The van der Waals surface area contributed by atoms with E-state index in [9.17, 15) is 4.79 Å². The molecule has 122 valence electrons. The van der Waals surface area contributed by atoms with Crippen LogP contribution in [0.15, 0.2) is 30.3 Å². The summed E-state index contributed by atoms with van der Waals surface area (Å²) < 4.78 is 5.37. The van der Waals surface area contributed by atoms with Crippen molar-refractivity contribution in [2.75, 3.05) is 36.5 Å². The number of nitrogens with one attached hydrogen (secondary N) is 1. The van der Waals surface area contributed by atoms with Gasteiger partial charge in [0.1, 0.15) is 0 Å². The first-order valence-electron chi connectivity index (χ1n) is 8.01. The van der Waals surface area contributed by atoms with Gasteiger partial charge in [-0.1, -0.05) is 6.92 Å². The first kappa shape index (κ1) is 16.0. The molecule has 0 radical (unpaired) electrons. The number of hydrogen-bond donors (Lipinski definition) is 1. The lowest BCUT2D eigenvalue weighted by Crippen LogP contribution is -2.36. The molecule has 0 unspecified atom stereocenters. The van der Waals surface area contributed by atoms with Crippen molar-refractivity contribution in [3.63, 3.8) is 0 Å². The largest absolute Gasteiger partial charge is 0.378 e. The van der Waals surface area contributed by atoms with Crippen LogP contribution in [0.1, 0.15) is 27.0 Å². The van der Waals surface area contributed by atoms with Gasteiger partial charge in [0, 0.05) is 29.3 Å². The molecular weight excluding hydrogens is 308 g/mol. The van der Waals surface area contributed by atoms with E-state index in [4.69, 9.17) is 4.74 Å². The fourth-order valence-electron chi connectivity index (χ4n) is 2.75. The van der Waals surface area contributed by atoms with Gasteiger partial charge in [-0.15, -0.1) is 11.3 Å². The Morgan fingerprint density at radius 1 is 1.26 bits per heavy atom. The molecule has 1 fully saturated rings. The standard InChI is InChI=1S/C18H22N2O2S/c1-3-14-12-17(23-13(14)2)18(21)19-15-4-6-16(7-5-15)20-8-10-22-11-9-20/h4-7,12H,3,8-11H2,1-2H3,(H,19,21). The van der Waals surface area contributed by atoms with E-state index in [-0.39, 0.29) is 5.91 Å². The second-order valence-electron chi connectivity index (χ2n) is 5.65. The van der Waals surface area contributed by atoms with Crippen molar-refractivity contribution < 1.29 is 9.53 Å². The van der Waals surface area contributed by atoms with Crippen molar-refractivity contribution in [1.82, 2.24) is 0 Å². The maximum atomic E-state index is 12.4. The van der Waals surface area contributed by atoms with Crippen LogP contribution in [-0.2, 0) is 11.2 Å². The van der Waals surface area contributed by atoms with E-state index in [2.05, 4.69) is 36.2 Å². The Bertz CT molecular complexity index is 673. The number of anilines is 2. The molecule has 0 aliphatic carbocycles. The summed E-state index contributed by atoms with van der Waals surface area (Å²) in [6, 6.07) is 10.0. The van der Waals surface area contributed by atoms with Crippen LogP contribution in [0.2, 0.25) is 0 Å². The average Bonchev–Trinajstić information content (AvgIpc) is 2.97. The number of rotatable bonds is 4. The predicted molar refractivity (Wildman–Crippen MR) is 95.9 cm³/mol. The summed E-state index contributed by atoms with van der Waals surface area (Å²) in [5, 5.41) is 2.98. The van der Waals surface area contributed by atoms with E-state index in [0.717, 1.165) is 43.3 Å². The van der Waals surface area contributed by atoms with Crippen molar-refractivity contribution in [2.24, 2.45) is 0 Å². The minimum absolute atomic E-state index is 0.0306. The monoisotopic (exact) mass is 330 g/mol. The molecule has 2 aromatic rings. The van der Waals surface area contributed by atoms with E-state index < -0.39 is 0 Å². The van der Waals surface area contributed by atoms with Gasteiger partial charge in [0.05, 0.1) is 18.1 Å². The highest BCUT2D eigenvalue weighted by atomic mass is 32.1. The number of benzene rings is 1. The Hall–Kier alpha value is -1.85. The highest BCUT2D eigenvalue weighted by Crippen LogP contribution is 2.24. The molecule has 1 amide bonds. The third-order valence-electron chi connectivity index (χ3n) is 4.13. The number of morpholine rings is 1. The van der Waals surface area contributed by atoms with Crippen LogP contribution in [0, 0.1) is 6.92 Å². The van der Waals surface area contributed by atoms with Crippen LogP contribution in [0.5, 0.6) is 0 Å². The zero-order chi connectivity index (χ0) is 16.2. The van der Waals surface area contributed by atoms with Crippen molar-refractivity contribution in [1.29, 1.82) is 0 Å². The van der Waals surface area contributed by atoms with E-state index in [1.165, 1.54) is 16.1 Å². The molecule has 23 heavy (non-hydrogen) atoms. The summed E-state index contributed by atoms with van der Waals surface area (Å²) in [4.78, 5) is 16.6. The van der Waals surface area contributed by atoms with E-state index >= 15 is 0 Å². The number of thiophene rings is 1. The summed E-state index contributed by atoms with van der Waals surface area (Å²) in [6.45, 7) is 7.56. The van der Waals surface area contributed by atoms with Gasteiger partial charge in [0.2, 0.25) is 0 Å². The van der Waals surface area contributed by atoms with Gasteiger partial charge in [0.15, 0.2) is 0 Å². The highest BCUT2D eigenvalue weighted by molar-refractivity contribution is 7.14. The molecule has 1 saturated heterocycles. The molecule has 2 heterocycles. The number of hydrogen-bond acceptors (Lipinski definition) is 4. The van der Waals surface area contributed by atoms with Gasteiger partial charge < -0.3 is 15.0 Å². The molecule has 1 aromatic heterocycles. The first-order chi connectivity index (χ1) is 11.2. The number of nitrogens with zero attached hydrogens (tertiary/aromatic N) is 1. The van der Waals surface area contributed by atoms with Gasteiger partial charge in [-0.3, -0.25) is 4.79 Å². The molecule has 1 aliphatic heterocycles. The van der Waals surface area contributed by atoms with Crippen molar-refractivity contribution in [2.45, 2.75) is 20.3 Å². The number of ether oxygens (including phenoxy) is 1. The number of amides is 1. The fraction of sp³-hybridized carbons (Fsp3) is 0.389. The van der Waals surface area contributed by atoms with Gasteiger partial charge in [-0.05, 0) is 49.2 Å². The van der Waals surface area contributed by atoms with E-state index in [1.54, 1.807) is 11.3 Å². The molecule has 0 atom stereocenters. The van der Waals surface area contributed by atoms with Crippen LogP contribution >= 0.6 is 11.3 Å². The number of carbonyl (C=O) groups is 1. The first-order valence-corrected chi connectivity index (χ1v) is 8.82. The van der Waals surface area contributed by atoms with Crippen LogP contribution in [0.4, 0.5) is 11.4 Å². The van der Waals surface area contributed by atoms with Crippen molar-refractivity contribution in [3.8, 4) is 0 Å². The zero-order valence-corrected chi connectivity index (χ0v) is 14.4. The molecule has 3 rings (SSSR count). The van der Waals surface area contributed by atoms with Gasteiger partial charge in [0.25, 0.3) is 5.91 Å². The molecule has 0 saturated carbocycles. The summed E-state index contributed by atoms with van der Waals surface area (Å²) in [5.41, 5.74) is 3.26. The quantitative estimate of drug-likeness (QED) is 0.929. The van der Waals surface area contributed by atoms with Crippen LogP contribution in [0.3, 0.4) is 0 Å². The van der Waals surface area contributed by atoms with Gasteiger partial charge in [-0.2, -0.15) is 0 Å². The molecule has 0 spiro atoms. The number of aryl methyl sites for hydroxylation is 2. The fourth-order valence-corrected chi connectivity index (χ4v) is 3.76. The normalized spacial score (nSPS) is 14.8. The van der Waals surface area contributed by atoms with E-state index in [1.807, 2.05) is 18.2 Å². The Kier molecular flexibility index (Phi) is 4.98. The average molecular weight is 330 g/mol. The maximum Gasteiger partial charge on any atom is 0.265 e. The maximum absolute atomic E-state index is 12.4. The smallest absolute Gasteiger partial charge is 0.265 e. The summed E-state index contributed by atoms with van der Waals surface area (Å²) in [7, 11) is 0. The van der Waals surface area contributed by atoms with Crippen LogP contribution < -0.4 is 10.2 Å². The van der Waals surface area contributed by atoms with Crippen LogP contribution in [0.25, 0.3) is 0 Å². The van der Waals surface area contributed by atoms with Crippen molar-refractivity contribution in [3.05, 3.63) is 45.6 Å². The SMILES string of the molecule is CCc1cc(C(=O)Nc2ccc(N3CCOCC3)cc2)sc1C. The lowest BCUT2D eigenvalue weighted by molar-refractivity contribution is 0.103. The Morgan fingerprint density at radius 2 is 1.96 bits per heavy atom. The van der Waals surface area contributed by atoms with Crippen LogP contribution in [-0.4, -0.2) is 32.2 Å². The topological polar surface area (TPSA) is 41.6 Å². The molecule has 5 heteroatoms. The Labute approximate surface area is 141 Å².